The number of carbonyl (C=O) groups is 1. The molecule has 1 aromatic rings. The standard InChI is InChI=1S/C17H24FN3O/c18-14-6-8-16(9-7-14)20-10-12-21(13-11-20)17(22)19-15-4-2-1-3-5-15/h6-9,15H,1-5,10-13H2,(H,19,22). The van der Waals surface area contributed by atoms with E-state index in [1.807, 2.05) is 4.90 Å². The Bertz CT molecular complexity index is 491. The minimum Gasteiger partial charge on any atom is -0.368 e. The smallest absolute Gasteiger partial charge is 0.317 e. The molecule has 1 aromatic carbocycles. The zero-order valence-electron chi connectivity index (χ0n) is 12.9. The van der Waals surface area contributed by atoms with E-state index in [0.717, 1.165) is 44.7 Å². The van der Waals surface area contributed by atoms with Crippen LogP contribution in [0.3, 0.4) is 0 Å². The van der Waals surface area contributed by atoms with E-state index in [0.29, 0.717) is 6.04 Å². The van der Waals surface area contributed by atoms with Gasteiger partial charge >= 0.3 is 6.03 Å². The lowest BCUT2D eigenvalue weighted by atomic mass is 9.96. The van der Waals surface area contributed by atoms with Crippen LogP contribution < -0.4 is 10.2 Å². The Morgan fingerprint density at radius 2 is 1.64 bits per heavy atom. The van der Waals surface area contributed by atoms with Gasteiger partial charge in [0.15, 0.2) is 0 Å². The molecule has 1 N–H and O–H groups in total. The van der Waals surface area contributed by atoms with Crippen LogP contribution in [0, 0.1) is 5.82 Å². The van der Waals surface area contributed by atoms with Crippen LogP contribution in [0.25, 0.3) is 0 Å². The number of halogens is 1. The molecule has 1 aliphatic carbocycles. The quantitative estimate of drug-likeness (QED) is 0.912. The second-order valence-electron chi connectivity index (χ2n) is 6.23. The second-order valence-corrected chi connectivity index (χ2v) is 6.23. The number of anilines is 1. The Morgan fingerprint density at radius 3 is 2.27 bits per heavy atom. The van der Waals surface area contributed by atoms with Crippen molar-refractivity contribution in [3.63, 3.8) is 0 Å². The molecule has 1 heterocycles. The van der Waals surface area contributed by atoms with Gasteiger partial charge in [0.25, 0.3) is 0 Å². The molecule has 1 saturated carbocycles. The first-order valence-electron chi connectivity index (χ1n) is 8.28. The summed E-state index contributed by atoms with van der Waals surface area (Å²) in [5.41, 5.74) is 1.02. The summed E-state index contributed by atoms with van der Waals surface area (Å²) < 4.78 is 13.0. The first-order chi connectivity index (χ1) is 10.7. The van der Waals surface area contributed by atoms with Gasteiger partial charge in [0.05, 0.1) is 0 Å². The normalized spacial score (nSPS) is 20.0. The van der Waals surface area contributed by atoms with Gasteiger partial charge in [0.2, 0.25) is 0 Å². The van der Waals surface area contributed by atoms with Crippen molar-refractivity contribution in [1.29, 1.82) is 0 Å². The predicted octanol–water partition coefficient (Wildman–Crippen LogP) is 2.99. The molecule has 0 radical (unpaired) electrons. The van der Waals surface area contributed by atoms with Gasteiger partial charge in [-0.2, -0.15) is 0 Å². The molecule has 2 amide bonds. The third-order valence-electron chi connectivity index (χ3n) is 4.69. The zero-order chi connectivity index (χ0) is 15.4. The van der Waals surface area contributed by atoms with E-state index in [1.165, 1.54) is 31.4 Å². The maximum Gasteiger partial charge on any atom is 0.317 e. The lowest BCUT2D eigenvalue weighted by molar-refractivity contribution is 0.186. The van der Waals surface area contributed by atoms with Gasteiger partial charge in [-0.15, -0.1) is 0 Å². The van der Waals surface area contributed by atoms with Crippen molar-refractivity contribution in [3.05, 3.63) is 30.1 Å². The number of carbonyl (C=O) groups excluding carboxylic acids is 1. The summed E-state index contributed by atoms with van der Waals surface area (Å²) >= 11 is 0. The largest absolute Gasteiger partial charge is 0.368 e. The molecule has 0 atom stereocenters. The number of nitrogens with one attached hydrogen (secondary N) is 1. The predicted molar refractivity (Wildman–Crippen MR) is 85.6 cm³/mol. The van der Waals surface area contributed by atoms with Crippen molar-refractivity contribution in [2.45, 2.75) is 38.1 Å². The zero-order valence-corrected chi connectivity index (χ0v) is 12.9. The number of benzene rings is 1. The summed E-state index contributed by atoms with van der Waals surface area (Å²) in [5.74, 6) is -0.214. The molecule has 2 aliphatic rings. The van der Waals surface area contributed by atoms with Crippen molar-refractivity contribution in [3.8, 4) is 0 Å². The van der Waals surface area contributed by atoms with Gasteiger partial charge in [0.1, 0.15) is 5.82 Å². The molecule has 5 heteroatoms. The molecule has 3 rings (SSSR count). The van der Waals surface area contributed by atoms with Gasteiger partial charge in [-0.25, -0.2) is 9.18 Å². The number of hydrogen-bond acceptors (Lipinski definition) is 2. The average Bonchev–Trinajstić information content (AvgIpc) is 2.57. The highest BCUT2D eigenvalue weighted by atomic mass is 19.1. The lowest BCUT2D eigenvalue weighted by Crippen LogP contribution is -2.53. The fourth-order valence-corrected chi connectivity index (χ4v) is 3.33. The molecule has 1 saturated heterocycles. The summed E-state index contributed by atoms with van der Waals surface area (Å²) in [7, 11) is 0. The van der Waals surface area contributed by atoms with E-state index < -0.39 is 0 Å². The molecule has 22 heavy (non-hydrogen) atoms. The minimum absolute atomic E-state index is 0.0747. The van der Waals surface area contributed by atoms with E-state index in [2.05, 4.69) is 10.2 Å². The van der Waals surface area contributed by atoms with Crippen LogP contribution in [0.2, 0.25) is 0 Å². The number of urea groups is 1. The molecule has 0 bridgehead atoms. The van der Waals surface area contributed by atoms with Crippen LogP contribution in [-0.2, 0) is 0 Å². The maximum absolute atomic E-state index is 13.0. The Kier molecular flexibility index (Phi) is 4.80. The maximum atomic E-state index is 13.0. The molecule has 4 nitrogen and oxygen atoms in total. The third kappa shape index (κ3) is 3.70. The molecule has 0 unspecified atom stereocenters. The third-order valence-corrected chi connectivity index (χ3v) is 4.69. The van der Waals surface area contributed by atoms with Crippen molar-refractivity contribution >= 4 is 11.7 Å². The number of amides is 2. The van der Waals surface area contributed by atoms with Crippen LogP contribution in [0.15, 0.2) is 24.3 Å². The van der Waals surface area contributed by atoms with Crippen molar-refractivity contribution in [2.75, 3.05) is 31.1 Å². The van der Waals surface area contributed by atoms with Gasteiger partial charge in [-0.3, -0.25) is 0 Å². The summed E-state index contributed by atoms with van der Waals surface area (Å²) in [6.07, 6.45) is 5.97. The fourth-order valence-electron chi connectivity index (χ4n) is 3.33. The van der Waals surface area contributed by atoms with Gasteiger partial charge < -0.3 is 15.1 Å². The number of hydrogen-bond donors (Lipinski definition) is 1. The lowest BCUT2D eigenvalue weighted by Gasteiger charge is -2.37. The highest BCUT2D eigenvalue weighted by Crippen LogP contribution is 2.19. The van der Waals surface area contributed by atoms with Crippen molar-refractivity contribution in [2.24, 2.45) is 0 Å². The molecule has 1 aliphatic heterocycles. The first kappa shape index (κ1) is 15.1. The van der Waals surface area contributed by atoms with Crippen LogP contribution in [-0.4, -0.2) is 43.2 Å². The summed E-state index contributed by atoms with van der Waals surface area (Å²) in [6.45, 7) is 3.03. The molecular formula is C17H24FN3O. The summed E-state index contributed by atoms with van der Waals surface area (Å²) in [4.78, 5) is 16.4. The highest BCUT2D eigenvalue weighted by molar-refractivity contribution is 5.75. The number of nitrogens with zero attached hydrogens (tertiary/aromatic N) is 2. The van der Waals surface area contributed by atoms with E-state index in [9.17, 15) is 9.18 Å². The van der Waals surface area contributed by atoms with E-state index in [1.54, 1.807) is 12.1 Å². The van der Waals surface area contributed by atoms with Crippen LogP contribution >= 0.6 is 0 Å². The molecule has 120 valence electrons. The van der Waals surface area contributed by atoms with Gasteiger partial charge in [-0.1, -0.05) is 19.3 Å². The molecule has 0 aromatic heterocycles. The monoisotopic (exact) mass is 305 g/mol. The van der Waals surface area contributed by atoms with Crippen LogP contribution in [0.4, 0.5) is 14.9 Å². The van der Waals surface area contributed by atoms with Crippen LogP contribution in [0.1, 0.15) is 32.1 Å². The fraction of sp³-hybridized carbons (Fsp3) is 0.588. The number of piperazine rings is 1. The Labute approximate surface area is 131 Å². The average molecular weight is 305 g/mol. The highest BCUT2D eigenvalue weighted by Gasteiger charge is 2.23. The van der Waals surface area contributed by atoms with Gasteiger partial charge in [-0.05, 0) is 37.1 Å². The minimum atomic E-state index is -0.214. The summed E-state index contributed by atoms with van der Waals surface area (Å²) in [6, 6.07) is 7.00. The molecule has 0 spiro atoms. The Hall–Kier alpha value is -1.78. The van der Waals surface area contributed by atoms with Crippen LogP contribution in [0.5, 0.6) is 0 Å². The SMILES string of the molecule is O=C(NC1CCCCC1)N1CCN(c2ccc(F)cc2)CC1. The van der Waals surface area contributed by atoms with E-state index >= 15 is 0 Å². The van der Waals surface area contributed by atoms with Gasteiger partial charge in [0, 0.05) is 37.9 Å². The molecule has 2 fully saturated rings. The van der Waals surface area contributed by atoms with E-state index in [4.69, 9.17) is 0 Å². The number of rotatable bonds is 2. The first-order valence-corrected chi connectivity index (χ1v) is 8.28. The van der Waals surface area contributed by atoms with Crippen molar-refractivity contribution < 1.29 is 9.18 Å². The topological polar surface area (TPSA) is 35.6 Å². The Balaban J connectivity index is 1.48. The molecular weight excluding hydrogens is 281 g/mol. The second kappa shape index (κ2) is 6.99. The Morgan fingerprint density at radius 1 is 1.00 bits per heavy atom. The van der Waals surface area contributed by atoms with Crippen molar-refractivity contribution in [1.82, 2.24) is 10.2 Å². The van der Waals surface area contributed by atoms with E-state index in [-0.39, 0.29) is 11.8 Å². The summed E-state index contributed by atoms with van der Waals surface area (Å²) in [5, 5.41) is 3.17.